The van der Waals surface area contributed by atoms with Gasteiger partial charge in [-0.3, -0.25) is 4.90 Å². The third kappa shape index (κ3) is 4.62. The topological polar surface area (TPSA) is 72.9 Å². The first kappa shape index (κ1) is 19.9. The Hall–Kier alpha value is -2.37. The number of benzene rings is 1. The van der Waals surface area contributed by atoms with E-state index in [9.17, 15) is 14.4 Å². The number of likely N-dealkylation sites (tertiary alicyclic amines) is 1. The number of ether oxygens (including phenoxy) is 2. The Balaban J connectivity index is 2.42. The van der Waals surface area contributed by atoms with Gasteiger partial charge in [-0.15, -0.1) is 0 Å². The van der Waals surface area contributed by atoms with Crippen molar-refractivity contribution in [1.29, 1.82) is 0 Å². The van der Waals surface area contributed by atoms with Gasteiger partial charge in [0.15, 0.2) is 0 Å². The van der Waals surface area contributed by atoms with Crippen molar-refractivity contribution in [2.75, 3.05) is 6.61 Å². The highest BCUT2D eigenvalue weighted by atomic mass is 16.6. The Morgan fingerprint density at radius 2 is 1.88 bits per heavy atom. The largest absolute Gasteiger partial charge is 0.464 e. The fourth-order valence-corrected chi connectivity index (χ4v) is 3.38. The van der Waals surface area contributed by atoms with Crippen LogP contribution >= 0.6 is 0 Å². The van der Waals surface area contributed by atoms with Crippen LogP contribution in [0, 0.1) is 0 Å². The summed E-state index contributed by atoms with van der Waals surface area (Å²) in [4.78, 5) is 38.1. The number of hydrogen-bond donors (Lipinski definition) is 0. The maximum Gasteiger partial charge on any atom is 0.411 e. The second-order valence-corrected chi connectivity index (χ2v) is 7.39. The number of esters is 1. The molecule has 0 spiro atoms. The Morgan fingerprint density at radius 3 is 2.42 bits per heavy atom. The van der Waals surface area contributed by atoms with Gasteiger partial charge >= 0.3 is 12.1 Å². The zero-order chi connectivity index (χ0) is 19.3. The molecule has 1 amide bonds. The summed E-state index contributed by atoms with van der Waals surface area (Å²) in [6.45, 7) is 7.25. The van der Waals surface area contributed by atoms with Gasteiger partial charge in [-0.05, 0) is 39.7 Å². The van der Waals surface area contributed by atoms with E-state index in [0.717, 1.165) is 11.8 Å². The lowest BCUT2D eigenvalue weighted by atomic mass is 9.90. The Bertz CT molecular complexity index is 637. The summed E-state index contributed by atoms with van der Waals surface area (Å²) in [5.74, 6) is -0.715. The first-order valence-electron chi connectivity index (χ1n) is 8.95. The molecule has 1 aromatic rings. The van der Waals surface area contributed by atoms with Gasteiger partial charge < -0.3 is 14.3 Å². The average Bonchev–Trinajstić information content (AvgIpc) is 2.94. The van der Waals surface area contributed by atoms with E-state index >= 15 is 0 Å². The van der Waals surface area contributed by atoms with E-state index in [-0.39, 0.29) is 18.9 Å². The van der Waals surface area contributed by atoms with Crippen LogP contribution in [-0.4, -0.2) is 47.5 Å². The maximum absolute atomic E-state index is 12.8. The van der Waals surface area contributed by atoms with Crippen molar-refractivity contribution < 1.29 is 23.9 Å². The molecule has 1 aliphatic heterocycles. The van der Waals surface area contributed by atoms with Crippen molar-refractivity contribution in [2.45, 2.75) is 64.1 Å². The SMILES string of the molecule is CCOC(=O)[C@@H]1[C@@H](c2ccccc2)CC(CC=O)N1C(=O)OC(C)(C)C. The molecule has 0 radical (unpaired) electrons. The summed E-state index contributed by atoms with van der Waals surface area (Å²) < 4.78 is 10.7. The van der Waals surface area contributed by atoms with E-state index in [2.05, 4.69) is 0 Å². The van der Waals surface area contributed by atoms with Crippen molar-refractivity contribution >= 4 is 18.3 Å². The minimum Gasteiger partial charge on any atom is -0.464 e. The second-order valence-electron chi connectivity index (χ2n) is 7.39. The minimum atomic E-state index is -0.808. The summed E-state index contributed by atoms with van der Waals surface area (Å²) in [5, 5.41) is 0. The van der Waals surface area contributed by atoms with Crippen molar-refractivity contribution in [2.24, 2.45) is 0 Å². The van der Waals surface area contributed by atoms with Crippen LogP contribution in [0.3, 0.4) is 0 Å². The van der Waals surface area contributed by atoms with Crippen LogP contribution in [0.5, 0.6) is 0 Å². The highest BCUT2D eigenvalue weighted by molar-refractivity contribution is 5.84. The standard InChI is InChI=1S/C20H27NO5/c1-5-25-18(23)17-16(14-9-7-6-8-10-14)13-15(11-12-22)21(17)19(24)26-20(2,3)4/h6-10,12,15-17H,5,11,13H2,1-4H3/t15?,16-,17+/m1/s1. The van der Waals surface area contributed by atoms with Gasteiger partial charge in [-0.25, -0.2) is 9.59 Å². The number of nitrogens with zero attached hydrogens (tertiary/aromatic N) is 1. The molecule has 142 valence electrons. The van der Waals surface area contributed by atoms with Crippen LogP contribution in [-0.2, 0) is 19.1 Å². The van der Waals surface area contributed by atoms with E-state index in [1.165, 1.54) is 4.90 Å². The Morgan fingerprint density at radius 1 is 1.23 bits per heavy atom. The fourth-order valence-electron chi connectivity index (χ4n) is 3.38. The lowest BCUT2D eigenvalue weighted by Crippen LogP contribution is -2.49. The molecule has 1 saturated heterocycles. The van der Waals surface area contributed by atoms with Crippen LogP contribution in [0.15, 0.2) is 30.3 Å². The normalized spacial score (nSPS) is 22.8. The average molecular weight is 361 g/mol. The summed E-state index contributed by atoms with van der Waals surface area (Å²) in [6.07, 6.45) is 0.836. The predicted molar refractivity (Wildman–Crippen MR) is 96.8 cm³/mol. The molecule has 6 nitrogen and oxygen atoms in total. The van der Waals surface area contributed by atoms with Gasteiger partial charge in [0.05, 0.1) is 6.61 Å². The summed E-state index contributed by atoms with van der Waals surface area (Å²) in [7, 11) is 0. The quantitative estimate of drug-likeness (QED) is 0.594. The van der Waals surface area contributed by atoms with Crippen LogP contribution in [0.25, 0.3) is 0 Å². The molecule has 1 fully saturated rings. The zero-order valence-electron chi connectivity index (χ0n) is 15.8. The smallest absolute Gasteiger partial charge is 0.411 e. The highest BCUT2D eigenvalue weighted by Crippen LogP contribution is 2.40. The number of carbonyl (C=O) groups is 3. The van der Waals surface area contributed by atoms with E-state index in [4.69, 9.17) is 9.47 Å². The Kier molecular flexibility index (Phi) is 6.40. The van der Waals surface area contributed by atoms with Crippen LogP contribution in [0.1, 0.15) is 52.0 Å². The molecule has 1 heterocycles. The van der Waals surface area contributed by atoms with Crippen molar-refractivity contribution in [3.8, 4) is 0 Å². The molecule has 1 aliphatic rings. The van der Waals surface area contributed by atoms with Gasteiger partial charge in [0, 0.05) is 18.4 Å². The number of amides is 1. The van der Waals surface area contributed by atoms with Crippen LogP contribution < -0.4 is 0 Å². The molecule has 1 unspecified atom stereocenters. The first-order valence-corrected chi connectivity index (χ1v) is 8.95. The van der Waals surface area contributed by atoms with Gasteiger partial charge in [-0.1, -0.05) is 30.3 Å². The Labute approximate surface area is 154 Å². The summed E-state index contributed by atoms with van der Waals surface area (Å²) in [6, 6.07) is 8.32. The summed E-state index contributed by atoms with van der Waals surface area (Å²) >= 11 is 0. The second kappa shape index (κ2) is 8.34. The monoisotopic (exact) mass is 361 g/mol. The predicted octanol–water partition coefficient (Wildman–Crippen LogP) is 3.30. The number of aldehydes is 1. The third-order valence-electron chi connectivity index (χ3n) is 4.33. The molecule has 0 aliphatic carbocycles. The fraction of sp³-hybridized carbons (Fsp3) is 0.550. The molecular weight excluding hydrogens is 334 g/mol. The maximum atomic E-state index is 12.8. The van der Waals surface area contributed by atoms with Gasteiger partial charge in [0.1, 0.15) is 17.9 Å². The van der Waals surface area contributed by atoms with E-state index in [1.807, 2.05) is 30.3 Å². The van der Waals surface area contributed by atoms with Gasteiger partial charge in [-0.2, -0.15) is 0 Å². The van der Waals surface area contributed by atoms with E-state index in [1.54, 1.807) is 27.7 Å². The molecule has 6 heteroatoms. The van der Waals surface area contributed by atoms with E-state index in [0.29, 0.717) is 6.42 Å². The van der Waals surface area contributed by atoms with Crippen molar-refractivity contribution in [1.82, 2.24) is 4.90 Å². The highest BCUT2D eigenvalue weighted by Gasteiger charge is 2.50. The minimum absolute atomic E-state index is 0.151. The third-order valence-corrected chi connectivity index (χ3v) is 4.33. The molecule has 3 atom stereocenters. The first-order chi connectivity index (χ1) is 12.3. The molecule has 0 N–H and O–H groups in total. The van der Waals surface area contributed by atoms with Crippen molar-refractivity contribution in [3.05, 3.63) is 35.9 Å². The lowest BCUT2D eigenvalue weighted by Gasteiger charge is -2.32. The number of hydrogen-bond acceptors (Lipinski definition) is 5. The summed E-state index contributed by atoms with van der Waals surface area (Å²) in [5.41, 5.74) is 0.236. The molecule has 2 rings (SSSR count). The molecule has 1 aromatic carbocycles. The van der Waals surface area contributed by atoms with Crippen LogP contribution in [0.2, 0.25) is 0 Å². The molecule has 26 heavy (non-hydrogen) atoms. The molecule has 0 aromatic heterocycles. The molecular formula is C20H27NO5. The van der Waals surface area contributed by atoms with Gasteiger partial charge in [0.2, 0.25) is 0 Å². The molecule has 0 saturated carbocycles. The van der Waals surface area contributed by atoms with Crippen LogP contribution in [0.4, 0.5) is 4.79 Å². The van der Waals surface area contributed by atoms with Crippen molar-refractivity contribution in [3.63, 3.8) is 0 Å². The number of rotatable bonds is 5. The number of carbonyl (C=O) groups excluding carboxylic acids is 3. The molecule has 0 bridgehead atoms. The zero-order valence-corrected chi connectivity index (χ0v) is 15.8. The lowest BCUT2D eigenvalue weighted by molar-refractivity contribution is -0.149. The van der Waals surface area contributed by atoms with Gasteiger partial charge in [0.25, 0.3) is 0 Å². The van der Waals surface area contributed by atoms with E-state index < -0.39 is 29.7 Å².